The zero-order valence-corrected chi connectivity index (χ0v) is 11.4. The minimum atomic E-state index is -0.434. The molecule has 1 saturated carbocycles. The first-order chi connectivity index (χ1) is 8.09. The Balaban J connectivity index is 2.00. The van der Waals surface area contributed by atoms with E-state index in [1.54, 1.807) is 18.8 Å². The summed E-state index contributed by atoms with van der Waals surface area (Å²) in [5.74, 6) is 1.62. The van der Waals surface area contributed by atoms with E-state index in [-0.39, 0.29) is 5.91 Å². The highest BCUT2D eigenvalue weighted by Crippen LogP contribution is 2.19. The van der Waals surface area contributed by atoms with Gasteiger partial charge in [-0.2, -0.15) is 17.0 Å². The first kappa shape index (κ1) is 14.3. The fourth-order valence-corrected chi connectivity index (χ4v) is 2.19. The van der Waals surface area contributed by atoms with Crippen LogP contribution >= 0.6 is 11.8 Å². The number of carbonyl (C=O) groups is 1. The molecule has 1 rings (SSSR count). The van der Waals surface area contributed by atoms with Gasteiger partial charge in [-0.25, -0.2) is 0 Å². The van der Waals surface area contributed by atoms with Gasteiger partial charge >= 0.3 is 0 Å². The molecule has 0 saturated heterocycles. The zero-order valence-electron chi connectivity index (χ0n) is 10.6. The second kappa shape index (κ2) is 6.87. The molecule has 5 heteroatoms. The van der Waals surface area contributed by atoms with E-state index in [2.05, 4.69) is 16.7 Å². The molecule has 0 aromatic heterocycles. The molecular weight excluding hydrogens is 234 g/mol. The van der Waals surface area contributed by atoms with Gasteiger partial charge in [0.25, 0.3) is 0 Å². The maximum Gasteiger partial charge on any atom is 0.230 e. The molecule has 4 nitrogen and oxygen atoms in total. The van der Waals surface area contributed by atoms with Crippen molar-refractivity contribution >= 4 is 17.7 Å². The molecular formula is C12H21N3OS. The molecule has 0 aromatic rings. The van der Waals surface area contributed by atoms with Gasteiger partial charge in [-0.15, -0.1) is 0 Å². The predicted molar refractivity (Wildman–Crippen MR) is 70.8 cm³/mol. The van der Waals surface area contributed by atoms with Crippen LogP contribution in [0.4, 0.5) is 0 Å². The molecule has 0 spiro atoms. The molecule has 1 atom stereocenters. The van der Waals surface area contributed by atoms with Crippen molar-refractivity contribution in [1.82, 2.24) is 10.6 Å². The van der Waals surface area contributed by atoms with Crippen LogP contribution in [0.3, 0.4) is 0 Å². The summed E-state index contributed by atoms with van der Waals surface area (Å²) in [5, 5.41) is 14.9. The fourth-order valence-electron chi connectivity index (χ4n) is 1.43. The van der Waals surface area contributed by atoms with Gasteiger partial charge in [0.1, 0.15) is 5.54 Å². The van der Waals surface area contributed by atoms with E-state index in [4.69, 9.17) is 5.26 Å². The number of hydrogen-bond donors (Lipinski definition) is 2. The van der Waals surface area contributed by atoms with E-state index < -0.39 is 5.54 Å². The fraction of sp³-hybridized carbons (Fsp3) is 0.833. The van der Waals surface area contributed by atoms with Gasteiger partial charge in [0.2, 0.25) is 5.91 Å². The average molecular weight is 255 g/mol. The van der Waals surface area contributed by atoms with Crippen molar-refractivity contribution in [1.29, 1.82) is 5.26 Å². The normalized spacial score (nSPS) is 18.2. The van der Waals surface area contributed by atoms with Crippen LogP contribution in [0.25, 0.3) is 0 Å². The van der Waals surface area contributed by atoms with Gasteiger partial charge in [-0.05, 0) is 45.4 Å². The highest BCUT2D eigenvalue weighted by Gasteiger charge is 2.23. The van der Waals surface area contributed by atoms with Crippen LogP contribution in [0.5, 0.6) is 0 Å². The summed E-state index contributed by atoms with van der Waals surface area (Å²) in [4.78, 5) is 11.4. The summed E-state index contributed by atoms with van der Waals surface area (Å²) >= 11 is 1.64. The minimum absolute atomic E-state index is 0.147. The third kappa shape index (κ3) is 5.94. The van der Waals surface area contributed by atoms with E-state index in [1.807, 2.05) is 6.92 Å². The summed E-state index contributed by atoms with van der Waals surface area (Å²) in [6, 6.07) is 2.72. The summed E-state index contributed by atoms with van der Waals surface area (Å²) < 4.78 is 0. The molecule has 1 aliphatic rings. The molecule has 1 unspecified atom stereocenters. The Hall–Kier alpha value is -0.730. The lowest BCUT2D eigenvalue weighted by Crippen LogP contribution is -2.38. The molecule has 0 aliphatic heterocycles. The lowest BCUT2D eigenvalue weighted by atomic mass is 9.99. The van der Waals surface area contributed by atoms with Crippen molar-refractivity contribution in [2.45, 2.75) is 44.2 Å². The van der Waals surface area contributed by atoms with Crippen molar-refractivity contribution < 1.29 is 4.79 Å². The second-order valence-corrected chi connectivity index (χ2v) is 5.80. The van der Waals surface area contributed by atoms with Gasteiger partial charge in [-0.1, -0.05) is 0 Å². The second-order valence-electron chi connectivity index (χ2n) is 4.69. The molecule has 1 amide bonds. The number of nitrogens with zero attached hydrogens (tertiary/aromatic N) is 1. The standard InChI is InChI=1S/C12H21N3OS/c1-12(9-13,14-2)6-3-7-17-8-11(16)15-10-4-5-10/h10,14H,3-8H2,1-2H3,(H,15,16). The van der Waals surface area contributed by atoms with Crippen LogP contribution < -0.4 is 10.6 Å². The summed E-state index contributed by atoms with van der Waals surface area (Å²) in [5.41, 5.74) is -0.434. The van der Waals surface area contributed by atoms with E-state index in [0.717, 1.165) is 31.4 Å². The van der Waals surface area contributed by atoms with Gasteiger partial charge in [0.15, 0.2) is 0 Å². The topological polar surface area (TPSA) is 64.9 Å². The van der Waals surface area contributed by atoms with Crippen LogP contribution in [0, 0.1) is 11.3 Å². The van der Waals surface area contributed by atoms with Crippen molar-refractivity contribution in [3.05, 3.63) is 0 Å². The molecule has 0 aromatic carbocycles. The quantitative estimate of drug-likeness (QED) is 0.641. The summed E-state index contributed by atoms with van der Waals surface area (Å²) in [7, 11) is 1.81. The molecule has 96 valence electrons. The molecule has 0 bridgehead atoms. The maximum atomic E-state index is 11.4. The Bertz CT molecular complexity index is 299. The van der Waals surface area contributed by atoms with E-state index in [1.165, 1.54) is 0 Å². The van der Waals surface area contributed by atoms with E-state index in [9.17, 15) is 4.79 Å². The largest absolute Gasteiger partial charge is 0.353 e. The van der Waals surface area contributed by atoms with Gasteiger partial charge < -0.3 is 10.6 Å². The molecule has 17 heavy (non-hydrogen) atoms. The first-order valence-corrected chi connectivity index (χ1v) is 7.22. The predicted octanol–water partition coefficient (Wildman–Crippen LogP) is 1.28. The molecule has 1 fully saturated rings. The molecule has 0 heterocycles. The van der Waals surface area contributed by atoms with E-state index in [0.29, 0.717) is 11.8 Å². The first-order valence-electron chi connectivity index (χ1n) is 6.07. The highest BCUT2D eigenvalue weighted by molar-refractivity contribution is 7.99. The Morgan fingerprint density at radius 3 is 2.82 bits per heavy atom. The highest BCUT2D eigenvalue weighted by atomic mass is 32.2. The molecule has 0 radical (unpaired) electrons. The Labute approximate surface area is 108 Å². The third-order valence-electron chi connectivity index (χ3n) is 2.94. The zero-order chi connectivity index (χ0) is 12.7. The Morgan fingerprint density at radius 1 is 1.59 bits per heavy atom. The average Bonchev–Trinajstić information content (AvgIpc) is 3.12. The van der Waals surface area contributed by atoms with Gasteiger partial charge in [0, 0.05) is 6.04 Å². The number of hydrogen-bond acceptors (Lipinski definition) is 4. The van der Waals surface area contributed by atoms with Crippen LogP contribution in [-0.4, -0.2) is 36.0 Å². The number of carbonyl (C=O) groups excluding carboxylic acids is 1. The number of amides is 1. The summed E-state index contributed by atoms with van der Waals surface area (Å²) in [6.45, 7) is 1.90. The van der Waals surface area contributed by atoms with Crippen molar-refractivity contribution in [2.75, 3.05) is 18.6 Å². The number of rotatable bonds is 8. The number of nitriles is 1. The van der Waals surface area contributed by atoms with Gasteiger partial charge in [-0.3, -0.25) is 4.79 Å². The van der Waals surface area contributed by atoms with E-state index >= 15 is 0 Å². The van der Waals surface area contributed by atoms with Crippen molar-refractivity contribution in [3.63, 3.8) is 0 Å². The van der Waals surface area contributed by atoms with Crippen LogP contribution in [0.1, 0.15) is 32.6 Å². The van der Waals surface area contributed by atoms with Gasteiger partial charge in [0.05, 0.1) is 11.8 Å². The molecule has 1 aliphatic carbocycles. The Morgan fingerprint density at radius 2 is 2.29 bits per heavy atom. The van der Waals surface area contributed by atoms with Crippen molar-refractivity contribution in [2.24, 2.45) is 0 Å². The minimum Gasteiger partial charge on any atom is -0.353 e. The molecule has 2 N–H and O–H groups in total. The SMILES string of the molecule is CNC(C)(C#N)CCCSCC(=O)NC1CC1. The smallest absolute Gasteiger partial charge is 0.230 e. The Kier molecular flexibility index (Phi) is 5.79. The van der Waals surface area contributed by atoms with Crippen molar-refractivity contribution in [3.8, 4) is 6.07 Å². The number of thioether (sulfide) groups is 1. The van der Waals surface area contributed by atoms with Crippen LogP contribution in [-0.2, 0) is 4.79 Å². The lowest BCUT2D eigenvalue weighted by Gasteiger charge is -2.20. The van der Waals surface area contributed by atoms with Crippen LogP contribution in [0.2, 0.25) is 0 Å². The lowest BCUT2D eigenvalue weighted by molar-refractivity contribution is -0.118. The number of nitrogens with one attached hydrogen (secondary N) is 2. The monoisotopic (exact) mass is 255 g/mol. The summed E-state index contributed by atoms with van der Waals surface area (Å²) in [6.07, 6.45) is 4.04. The van der Waals surface area contributed by atoms with Crippen LogP contribution in [0.15, 0.2) is 0 Å². The third-order valence-corrected chi connectivity index (χ3v) is 3.98. The maximum absolute atomic E-state index is 11.4.